The fourth-order valence-electron chi connectivity index (χ4n) is 2.55. The van der Waals surface area contributed by atoms with Gasteiger partial charge in [-0.05, 0) is 38.8 Å². The van der Waals surface area contributed by atoms with Gasteiger partial charge in [0.15, 0.2) is 0 Å². The quantitative estimate of drug-likeness (QED) is 0.585. The average molecular weight is 319 g/mol. The average Bonchev–Trinajstić information content (AvgIpc) is 2.54. The topological polar surface area (TPSA) is 46.6 Å². The normalized spacial score (nSPS) is 12.2. The molecule has 4 heteroatoms. The lowest BCUT2D eigenvalue weighted by Crippen LogP contribution is -2.39. The third kappa shape index (κ3) is 7.42. The first kappa shape index (κ1) is 19.4. The van der Waals surface area contributed by atoms with Crippen molar-refractivity contribution in [2.24, 2.45) is 0 Å². The molecular formula is C19H29NO3. The zero-order valence-corrected chi connectivity index (χ0v) is 14.6. The highest BCUT2D eigenvalue weighted by Gasteiger charge is 2.20. The maximum Gasteiger partial charge on any atom is 0.305 e. The molecule has 1 aromatic rings. The molecule has 0 amide bonds. The van der Waals surface area contributed by atoms with Crippen LogP contribution >= 0.6 is 0 Å². The van der Waals surface area contributed by atoms with E-state index in [1.807, 2.05) is 39.0 Å². The smallest absolute Gasteiger partial charge is 0.305 e. The summed E-state index contributed by atoms with van der Waals surface area (Å²) in [5.41, 5.74) is 1.18. The van der Waals surface area contributed by atoms with E-state index in [2.05, 4.69) is 17.0 Å². The summed E-state index contributed by atoms with van der Waals surface area (Å²) < 4.78 is 4.96. The molecule has 0 saturated carbocycles. The Labute approximate surface area is 139 Å². The van der Waals surface area contributed by atoms with Crippen LogP contribution in [-0.2, 0) is 20.9 Å². The van der Waals surface area contributed by atoms with Gasteiger partial charge in [-0.25, -0.2) is 0 Å². The molecule has 1 unspecified atom stereocenters. The second-order valence-electron chi connectivity index (χ2n) is 5.76. The number of Topliss-reactive ketones (excluding diaryl/α,β-unsaturated/α-hetero) is 1. The number of carbonyl (C=O) groups is 2. The van der Waals surface area contributed by atoms with Crippen LogP contribution in [0.2, 0.25) is 0 Å². The third-order valence-electron chi connectivity index (χ3n) is 3.87. The number of rotatable bonds is 11. The summed E-state index contributed by atoms with van der Waals surface area (Å²) in [6.45, 7) is 7.64. The second kappa shape index (κ2) is 10.9. The van der Waals surface area contributed by atoms with E-state index >= 15 is 0 Å². The van der Waals surface area contributed by atoms with E-state index in [1.165, 1.54) is 5.56 Å². The van der Waals surface area contributed by atoms with Crippen molar-refractivity contribution in [3.05, 3.63) is 35.9 Å². The van der Waals surface area contributed by atoms with E-state index in [4.69, 9.17) is 4.74 Å². The SMILES string of the molecule is CCCC(=O)C(C)N(CCCC(=O)OCC)Cc1ccccc1. The Kier molecular flexibility index (Phi) is 9.22. The molecular weight excluding hydrogens is 290 g/mol. The van der Waals surface area contributed by atoms with Crippen LogP contribution in [-0.4, -0.2) is 35.8 Å². The van der Waals surface area contributed by atoms with Gasteiger partial charge in [-0.3, -0.25) is 14.5 Å². The van der Waals surface area contributed by atoms with Gasteiger partial charge in [0.25, 0.3) is 0 Å². The number of nitrogens with zero attached hydrogens (tertiary/aromatic N) is 1. The van der Waals surface area contributed by atoms with Crippen molar-refractivity contribution in [1.29, 1.82) is 0 Å². The van der Waals surface area contributed by atoms with Crippen molar-refractivity contribution < 1.29 is 14.3 Å². The predicted molar refractivity (Wildman–Crippen MR) is 92.1 cm³/mol. The molecule has 23 heavy (non-hydrogen) atoms. The summed E-state index contributed by atoms with van der Waals surface area (Å²) in [4.78, 5) is 25.9. The van der Waals surface area contributed by atoms with Gasteiger partial charge >= 0.3 is 5.97 Å². The monoisotopic (exact) mass is 319 g/mol. The Morgan fingerprint density at radius 3 is 2.43 bits per heavy atom. The lowest BCUT2D eigenvalue weighted by Gasteiger charge is -2.28. The van der Waals surface area contributed by atoms with Crippen molar-refractivity contribution in [2.75, 3.05) is 13.2 Å². The number of benzene rings is 1. The molecule has 4 nitrogen and oxygen atoms in total. The summed E-state index contributed by atoms with van der Waals surface area (Å²) in [7, 11) is 0. The number of ether oxygens (including phenoxy) is 1. The van der Waals surface area contributed by atoms with Crippen LogP contribution in [0.15, 0.2) is 30.3 Å². The van der Waals surface area contributed by atoms with Crippen LogP contribution in [0.5, 0.6) is 0 Å². The largest absolute Gasteiger partial charge is 0.466 e. The number of hydrogen-bond donors (Lipinski definition) is 0. The molecule has 0 saturated heterocycles. The Morgan fingerprint density at radius 2 is 1.83 bits per heavy atom. The molecule has 0 aromatic heterocycles. The van der Waals surface area contributed by atoms with Crippen molar-refractivity contribution in [1.82, 2.24) is 4.90 Å². The first-order valence-corrected chi connectivity index (χ1v) is 8.54. The molecule has 0 aliphatic carbocycles. The molecule has 0 heterocycles. The maximum atomic E-state index is 12.2. The number of esters is 1. The highest BCUT2D eigenvalue weighted by molar-refractivity contribution is 5.83. The zero-order valence-electron chi connectivity index (χ0n) is 14.6. The second-order valence-corrected chi connectivity index (χ2v) is 5.76. The molecule has 0 radical (unpaired) electrons. The lowest BCUT2D eigenvalue weighted by atomic mass is 10.1. The predicted octanol–water partition coefficient (Wildman–Crippen LogP) is 3.59. The van der Waals surface area contributed by atoms with Gasteiger partial charge in [0.05, 0.1) is 12.6 Å². The molecule has 0 aliphatic rings. The summed E-state index contributed by atoms with van der Waals surface area (Å²) in [6, 6.07) is 10.00. The van der Waals surface area contributed by atoms with Gasteiger partial charge in [-0.2, -0.15) is 0 Å². The van der Waals surface area contributed by atoms with E-state index in [0.717, 1.165) is 13.0 Å². The molecule has 1 rings (SSSR count). The van der Waals surface area contributed by atoms with E-state index in [9.17, 15) is 9.59 Å². The van der Waals surface area contributed by atoms with Gasteiger partial charge in [-0.1, -0.05) is 37.3 Å². The van der Waals surface area contributed by atoms with Crippen LogP contribution < -0.4 is 0 Å². The number of ketones is 1. The van der Waals surface area contributed by atoms with Gasteiger partial charge in [0, 0.05) is 19.4 Å². The van der Waals surface area contributed by atoms with Crippen LogP contribution in [0.4, 0.5) is 0 Å². The Bertz CT molecular complexity index is 473. The molecule has 0 fully saturated rings. The minimum Gasteiger partial charge on any atom is -0.466 e. The van der Waals surface area contributed by atoms with Crippen LogP contribution in [0, 0.1) is 0 Å². The highest BCUT2D eigenvalue weighted by atomic mass is 16.5. The third-order valence-corrected chi connectivity index (χ3v) is 3.87. The molecule has 128 valence electrons. The molecule has 0 bridgehead atoms. The Hall–Kier alpha value is -1.68. The molecule has 0 aliphatic heterocycles. The number of hydrogen-bond acceptors (Lipinski definition) is 4. The fraction of sp³-hybridized carbons (Fsp3) is 0.579. The Morgan fingerprint density at radius 1 is 1.13 bits per heavy atom. The molecule has 0 N–H and O–H groups in total. The van der Waals surface area contributed by atoms with Crippen molar-refractivity contribution in [3.8, 4) is 0 Å². The van der Waals surface area contributed by atoms with Crippen LogP contribution in [0.1, 0.15) is 52.0 Å². The zero-order chi connectivity index (χ0) is 17.1. The lowest BCUT2D eigenvalue weighted by molar-refractivity contribution is -0.143. The van der Waals surface area contributed by atoms with E-state index in [1.54, 1.807) is 0 Å². The summed E-state index contributed by atoms with van der Waals surface area (Å²) >= 11 is 0. The Balaban J connectivity index is 2.64. The van der Waals surface area contributed by atoms with Gasteiger partial charge < -0.3 is 4.74 Å². The summed E-state index contributed by atoms with van der Waals surface area (Å²) in [5, 5.41) is 0. The number of carbonyl (C=O) groups excluding carboxylic acids is 2. The minimum absolute atomic E-state index is 0.127. The van der Waals surface area contributed by atoms with Gasteiger partial charge in [0.1, 0.15) is 5.78 Å². The highest BCUT2D eigenvalue weighted by Crippen LogP contribution is 2.12. The van der Waals surface area contributed by atoms with Crippen LogP contribution in [0.25, 0.3) is 0 Å². The maximum absolute atomic E-state index is 12.2. The van der Waals surface area contributed by atoms with E-state index in [0.29, 0.717) is 32.4 Å². The van der Waals surface area contributed by atoms with Gasteiger partial charge in [0.2, 0.25) is 0 Å². The first-order valence-electron chi connectivity index (χ1n) is 8.54. The van der Waals surface area contributed by atoms with Crippen LogP contribution in [0.3, 0.4) is 0 Å². The summed E-state index contributed by atoms with van der Waals surface area (Å²) in [6.07, 6.45) is 2.57. The van der Waals surface area contributed by atoms with Crippen molar-refractivity contribution in [3.63, 3.8) is 0 Å². The fourth-order valence-corrected chi connectivity index (χ4v) is 2.55. The summed E-state index contributed by atoms with van der Waals surface area (Å²) in [5.74, 6) is 0.0965. The molecule has 1 atom stereocenters. The van der Waals surface area contributed by atoms with Crippen molar-refractivity contribution >= 4 is 11.8 Å². The first-order chi connectivity index (χ1) is 11.1. The molecule has 0 spiro atoms. The van der Waals surface area contributed by atoms with E-state index < -0.39 is 0 Å². The minimum atomic E-state index is -0.167. The standard InChI is InChI=1S/C19H29NO3/c1-4-10-18(21)16(3)20(14-9-13-19(22)23-5-2)15-17-11-7-6-8-12-17/h6-8,11-12,16H,4-5,9-10,13-15H2,1-3H3. The van der Waals surface area contributed by atoms with Gasteiger partial charge in [-0.15, -0.1) is 0 Å². The van der Waals surface area contributed by atoms with E-state index in [-0.39, 0.29) is 17.8 Å². The molecule has 1 aromatic carbocycles. The van der Waals surface area contributed by atoms with Crippen molar-refractivity contribution in [2.45, 2.75) is 59.0 Å².